The Hall–Kier alpha value is -1.85. The van der Waals surface area contributed by atoms with Gasteiger partial charge in [-0.1, -0.05) is 13.8 Å². The highest BCUT2D eigenvalue weighted by Gasteiger charge is 2.20. The van der Waals surface area contributed by atoms with Crippen molar-refractivity contribution in [2.24, 2.45) is 11.7 Å². The number of primary amides is 1. The van der Waals surface area contributed by atoms with Crippen LogP contribution in [0.4, 0.5) is 5.95 Å². The van der Waals surface area contributed by atoms with Crippen LogP contribution in [0.5, 0.6) is 5.88 Å². The number of nitrogens with zero attached hydrogens (tertiary/aromatic N) is 2. The molecule has 1 aromatic heterocycles. The summed E-state index contributed by atoms with van der Waals surface area (Å²) >= 11 is 0. The molecule has 1 heterocycles. The fourth-order valence-electron chi connectivity index (χ4n) is 1.23. The Morgan fingerprint density at radius 1 is 1.56 bits per heavy atom. The third-order valence-electron chi connectivity index (χ3n) is 2.10. The number of ether oxygens (including phenoxy) is 1. The van der Waals surface area contributed by atoms with E-state index in [1.807, 2.05) is 13.8 Å². The van der Waals surface area contributed by atoms with Crippen LogP contribution in [0.3, 0.4) is 0 Å². The lowest BCUT2D eigenvalue weighted by Crippen LogP contribution is -2.40. The van der Waals surface area contributed by atoms with Crippen LogP contribution in [0.1, 0.15) is 13.8 Å². The smallest absolute Gasteiger partial charge is 0.240 e. The van der Waals surface area contributed by atoms with E-state index in [0.717, 1.165) is 0 Å². The second-order valence-corrected chi connectivity index (χ2v) is 3.69. The summed E-state index contributed by atoms with van der Waals surface area (Å²) in [4.78, 5) is 19.2. The quantitative estimate of drug-likeness (QED) is 0.755. The Morgan fingerprint density at radius 3 is 2.75 bits per heavy atom. The molecule has 0 spiro atoms. The van der Waals surface area contributed by atoms with Crippen molar-refractivity contribution in [3.8, 4) is 5.88 Å². The van der Waals surface area contributed by atoms with Crippen molar-refractivity contribution in [3.05, 3.63) is 12.3 Å². The molecule has 0 saturated carbocycles. The molecular weight excluding hydrogens is 208 g/mol. The van der Waals surface area contributed by atoms with E-state index < -0.39 is 11.9 Å². The molecule has 3 N–H and O–H groups in total. The van der Waals surface area contributed by atoms with Gasteiger partial charge in [0.05, 0.1) is 7.11 Å². The third kappa shape index (κ3) is 3.08. The van der Waals surface area contributed by atoms with Crippen LogP contribution in [0.2, 0.25) is 0 Å². The summed E-state index contributed by atoms with van der Waals surface area (Å²) in [6.07, 6.45) is 1.55. The van der Waals surface area contributed by atoms with Crippen LogP contribution >= 0.6 is 0 Å². The van der Waals surface area contributed by atoms with Crippen LogP contribution < -0.4 is 15.8 Å². The van der Waals surface area contributed by atoms with E-state index in [9.17, 15) is 4.79 Å². The Bertz CT molecular complexity index is 368. The maximum atomic E-state index is 11.2. The Labute approximate surface area is 94.2 Å². The fourth-order valence-corrected chi connectivity index (χ4v) is 1.23. The van der Waals surface area contributed by atoms with Crippen LogP contribution in [-0.2, 0) is 4.79 Å². The summed E-state index contributed by atoms with van der Waals surface area (Å²) in [5, 5.41) is 2.88. The fraction of sp³-hybridized carbons (Fsp3) is 0.500. The number of nitrogens with two attached hydrogens (primary N) is 1. The molecule has 0 aliphatic rings. The molecule has 0 aromatic carbocycles. The molecule has 6 heteroatoms. The summed E-state index contributed by atoms with van der Waals surface area (Å²) < 4.78 is 4.95. The first kappa shape index (κ1) is 12.2. The predicted molar refractivity (Wildman–Crippen MR) is 60.0 cm³/mol. The number of aromatic nitrogens is 2. The zero-order chi connectivity index (χ0) is 12.1. The van der Waals surface area contributed by atoms with E-state index in [1.165, 1.54) is 7.11 Å². The molecule has 1 rings (SSSR count). The Balaban J connectivity index is 2.81. The number of nitrogens with one attached hydrogen (secondary N) is 1. The highest BCUT2D eigenvalue weighted by atomic mass is 16.5. The molecule has 0 radical (unpaired) electrons. The van der Waals surface area contributed by atoms with Crippen LogP contribution in [0, 0.1) is 5.92 Å². The van der Waals surface area contributed by atoms with Gasteiger partial charge >= 0.3 is 0 Å². The summed E-state index contributed by atoms with van der Waals surface area (Å²) in [6, 6.07) is 1.13. The van der Waals surface area contributed by atoms with Gasteiger partial charge in [-0.15, -0.1) is 0 Å². The number of carbonyl (C=O) groups excluding carboxylic acids is 1. The molecule has 1 atom stereocenters. The minimum Gasteiger partial charge on any atom is -0.481 e. The van der Waals surface area contributed by atoms with E-state index in [0.29, 0.717) is 11.8 Å². The Kier molecular flexibility index (Phi) is 4.04. The SMILES string of the molecule is COc1ccnc(N[C@H](C(N)=O)C(C)C)n1. The molecule has 0 saturated heterocycles. The first-order chi connectivity index (χ1) is 7.54. The topological polar surface area (TPSA) is 90.1 Å². The number of hydrogen-bond donors (Lipinski definition) is 2. The molecule has 88 valence electrons. The minimum atomic E-state index is -0.493. The van der Waals surface area contributed by atoms with Gasteiger partial charge in [-0.3, -0.25) is 4.79 Å². The molecule has 0 fully saturated rings. The molecule has 0 bridgehead atoms. The third-order valence-corrected chi connectivity index (χ3v) is 2.10. The number of rotatable bonds is 5. The van der Waals surface area contributed by atoms with Gasteiger partial charge < -0.3 is 15.8 Å². The van der Waals surface area contributed by atoms with Gasteiger partial charge in [0, 0.05) is 12.3 Å². The van der Waals surface area contributed by atoms with Gasteiger partial charge in [0.15, 0.2) is 0 Å². The second kappa shape index (κ2) is 5.29. The Morgan fingerprint density at radius 2 is 2.25 bits per heavy atom. The van der Waals surface area contributed by atoms with Crippen molar-refractivity contribution in [1.29, 1.82) is 0 Å². The molecule has 1 aromatic rings. The minimum absolute atomic E-state index is 0.0623. The standard InChI is InChI=1S/C10H16N4O2/c1-6(2)8(9(11)15)14-10-12-5-4-7(13-10)16-3/h4-6,8H,1-3H3,(H2,11,15)(H,12,13,14)/t8-/m0/s1. The van der Waals surface area contributed by atoms with E-state index in [4.69, 9.17) is 10.5 Å². The lowest BCUT2D eigenvalue weighted by molar-refractivity contribution is -0.119. The molecule has 6 nitrogen and oxygen atoms in total. The average Bonchev–Trinajstić information content (AvgIpc) is 2.25. The van der Waals surface area contributed by atoms with E-state index >= 15 is 0 Å². The summed E-state index contributed by atoms with van der Waals surface area (Å²) in [7, 11) is 1.51. The zero-order valence-corrected chi connectivity index (χ0v) is 9.60. The van der Waals surface area contributed by atoms with Gasteiger partial charge in [-0.25, -0.2) is 4.98 Å². The number of anilines is 1. The number of carbonyl (C=O) groups is 1. The first-order valence-electron chi connectivity index (χ1n) is 4.97. The number of amides is 1. The van der Waals surface area contributed by atoms with E-state index in [2.05, 4.69) is 15.3 Å². The molecule has 0 aliphatic heterocycles. The van der Waals surface area contributed by atoms with Crippen molar-refractivity contribution >= 4 is 11.9 Å². The van der Waals surface area contributed by atoms with Gasteiger partial charge in [-0.2, -0.15) is 4.98 Å². The summed E-state index contributed by atoms with van der Waals surface area (Å²) in [5.74, 6) is 0.398. The maximum absolute atomic E-state index is 11.2. The van der Waals surface area contributed by atoms with Gasteiger partial charge in [0.1, 0.15) is 6.04 Å². The number of methoxy groups -OCH3 is 1. The predicted octanol–water partition coefficient (Wildman–Crippen LogP) is 0.407. The van der Waals surface area contributed by atoms with Crippen LogP contribution in [0.25, 0.3) is 0 Å². The van der Waals surface area contributed by atoms with Crippen LogP contribution in [-0.4, -0.2) is 29.0 Å². The normalized spacial score (nSPS) is 12.2. The lowest BCUT2D eigenvalue weighted by atomic mass is 10.0. The van der Waals surface area contributed by atoms with E-state index in [-0.39, 0.29) is 5.92 Å². The molecule has 0 unspecified atom stereocenters. The highest BCUT2D eigenvalue weighted by molar-refractivity contribution is 5.82. The van der Waals surface area contributed by atoms with Gasteiger partial charge in [0.25, 0.3) is 0 Å². The van der Waals surface area contributed by atoms with Gasteiger partial charge in [0.2, 0.25) is 17.7 Å². The maximum Gasteiger partial charge on any atom is 0.240 e. The van der Waals surface area contributed by atoms with Crippen molar-refractivity contribution in [2.75, 3.05) is 12.4 Å². The first-order valence-corrected chi connectivity index (χ1v) is 4.97. The lowest BCUT2D eigenvalue weighted by Gasteiger charge is -2.18. The summed E-state index contributed by atoms with van der Waals surface area (Å²) in [6.45, 7) is 3.78. The van der Waals surface area contributed by atoms with E-state index in [1.54, 1.807) is 12.3 Å². The molecular formula is C10H16N4O2. The summed E-state index contributed by atoms with van der Waals surface area (Å²) in [5.41, 5.74) is 5.27. The van der Waals surface area contributed by atoms with Crippen molar-refractivity contribution in [3.63, 3.8) is 0 Å². The highest BCUT2D eigenvalue weighted by Crippen LogP contribution is 2.11. The largest absolute Gasteiger partial charge is 0.481 e. The molecule has 16 heavy (non-hydrogen) atoms. The zero-order valence-electron chi connectivity index (χ0n) is 9.60. The molecule has 0 aliphatic carbocycles. The average molecular weight is 224 g/mol. The van der Waals surface area contributed by atoms with Crippen molar-refractivity contribution < 1.29 is 9.53 Å². The molecule has 1 amide bonds. The second-order valence-electron chi connectivity index (χ2n) is 3.69. The van der Waals surface area contributed by atoms with Crippen molar-refractivity contribution in [2.45, 2.75) is 19.9 Å². The van der Waals surface area contributed by atoms with Gasteiger partial charge in [-0.05, 0) is 5.92 Å². The monoisotopic (exact) mass is 224 g/mol. The van der Waals surface area contributed by atoms with Crippen LogP contribution in [0.15, 0.2) is 12.3 Å². The number of hydrogen-bond acceptors (Lipinski definition) is 5. The van der Waals surface area contributed by atoms with Crippen molar-refractivity contribution in [1.82, 2.24) is 9.97 Å².